The fraction of sp³-hybridized carbons (Fsp3) is 0.471. The van der Waals surface area contributed by atoms with Crippen LogP contribution in [-0.2, 0) is 9.84 Å². The first kappa shape index (κ1) is 17.3. The van der Waals surface area contributed by atoms with Crippen LogP contribution < -0.4 is 0 Å². The molecule has 2 heterocycles. The number of halogens is 1. The van der Waals surface area contributed by atoms with Gasteiger partial charge in [0, 0.05) is 23.5 Å². The minimum atomic E-state index is -3.06. The molecule has 130 valence electrons. The molecule has 1 atom stereocenters. The molecule has 1 unspecified atom stereocenters. The summed E-state index contributed by atoms with van der Waals surface area (Å²) in [6.45, 7) is 4.29. The highest BCUT2D eigenvalue weighted by molar-refractivity contribution is 7.91. The second kappa shape index (κ2) is 6.41. The first-order valence-corrected chi connectivity index (χ1v) is 10.2. The van der Waals surface area contributed by atoms with E-state index in [2.05, 4.69) is 0 Å². The van der Waals surface area contributed by atoms with Crippen LogP contribution in [0.15, 0.2) is 22.6 Å². The quantitative estimate of drug-likeness (QED) is 0.827. The SMILES string of the molecule is CCCN(C(=O)c1oc2c(Cl)cccc2c1C)C1CCS(=O)(=O)C1. The van der Waals surface area contributed by atoms with Crippen LogP contribution in [-0.4, -0.2) is 43.3 Å². The zero-order chi connectivity index (χ0) is 17.5. The minimum Gasteiger partial charge on any atom is -0.449 e. The minimum absolute atomic E-state index is 0.0266. The largest absolute Gasteiger partial charge is 0.449 e. The lowest BCUT2D eigenvalue weighted by Crippen LogP contribution is -2.41. The van der Waals surface area contributed by atoms with Gasteiger partial charge in [-0.3, -0.25) is 4.79 Å². The number of nitrogens with zero attached hydrogens (tertiary/aromatic N) is 1. The molecule has 1 amide bonds. The van der Waals surface area contributed by atoms with Crippen LogP contribution >= 0.6 is 11.6 Å². The summed E-state index contributed by atoms with van der Waals surface area (Å²) in [5.74, 6) is 0.147. The first-order valence-electron chi connectivity index (χ1n) is 8.03. The van der Waals surface area contributed by atoms with Gasteiger partial charge in [0.15, 0.2) is 21.2 Å². The molecule has 1 aromatic carbocycles. The summed E-state index contributed by atoms with van der Waals surface area (Å²) in [4.78, 5) is 14.7. The number of sulfone groups is 1. The zero-order valence-corrected chi connectivity index (χ0v) is 15.3. The van der Waals surface area contributed by atoms with E-state index in [1.54, 1.807) is 11.0 Å². The summed E-state index contributed by atoms with van der Waals surface area (Å²) in [7, 11) is -3.06. The highest BCUT2D eigenvalue weighted by Gasteiger charge is 2.36. The lowest BCUT2D eigenvalue weighted by atomic mass is 10.1. The Hall–Kier alpha value is -1.53. The maximum Gasteiger partial charge on any atom is 0.290 e. The van der Waals surface area contributed by atoms with E-state index in [4.69, 9.17) is 16.0 Å². The second-order valence-electron chi connectivity index (χ2n) is 6.23. The fourth-order valence-corrected chi connectivity index (χ4v) is 5.20. The molecule has 1 aromatic heterocycles. The van der Waals surface area contributed by atoms with Gasteiger partial charge in [-0.1, -0.05) is 30.7 Å². The highest BCUT2D eigenvalue weighted by atomic mass is 35.5. The topological polar surface area (TPSA) is 67.6 Å². The second-order valence-corrected chi connectivity index (χ2v) is 8.86. The Morgan fingerprint density at radius 3 is 2.75 bits per heavy atom. The molecule has 0 aliphatic carbocycles. The van der Waals surface area contributed by atoms with Gasteiger partial charge in [0.2, 0.25) is 0 Å². The monoisotopic (exact) mass is 369 g/mol. The van der Waals surface area contributed by atoms with E-state index >= 15 is 0 Å². The third-order valence-corrected chi connectivity index (χ3v) is 6.53. The fourth-order valence-electron chi connectivity index (χ4n) is 3.26. The molecule has 0 spiro atoms. The molecule has 7 heteroatoms. The van der Waals surface area contributed by atoms with Gasteiger partial charge < -0.3 is 9.32 Å². The molecule has 1 aliphatic heterocycles. The zero-order valence-electron chi connectivity index (χ0n) is 13.7. The van der Waals surface area contributed by atoms with Crippen molar-refractivity contribution in [3.63, 3.8) is 0 Å². The van der Waals surface area contributed by atoms with E-state index in [0.29, 0.717) is 23.6 Å². The lowest BCUT2D eigenvalue weighted by Gasteiger charge is -2.27. The lowest BCUT2D eigenvalue weighted by molar-refractivity contribution is 0.0666. The van der Waals surface area contributed by atoms with Crippen molar-refractivity contribution in [3.05, 3.63) is 34.5 Å². The van der Waals surface area contributed by atoms with Crippen molar-refractivity contribution in [2.45, 2.75) is 32.7 Å². The molecular formula is C17H20ClNO4S. The number of para-hydroxylation sites is 1. The van der Waals surface area contributed by atoms with E-state index in [1.165, 1.54) is 0 Å². The average molecular weight is 370 g/mol. The summed E-state index contributed by atoms with van der Waals surface area (Å²) in [6, 6.07) is 5.11. The Kier molecular flexibility index (Phi) is 4.62. The molecule has 1 saturated heterocycles. The Morgan fingerprint density at radius 1 is 1.42 bits per heavy atom. The number of carbonyl (C=O) groups is 1. The summed E-state index contributed by atoms with van der Waals surface area (Å²) in [5.41, 5.74) is 1.23. The third kappa shape index (κ3) is 3.05. The standard InChI is InChI=1S/C17H20ClNO4S/c1-3-8-19(12-7-9-24(21,22)10-12)17(20)15-11(2)13-5-4-6-14(18)16(13)23-15/h4-6,12H,3,7-10H2,1-2H3. The number of furan rings is 1. The maximum atomic E-state index is 13.0. The van der Waals surface area contributed by atoms with Gasteiger partial charge in [0.05, 0.1) is 16.5 Å². The van der Waals surface area contributed by atoms with Gasteiger partial charge in [0.25, 0.3) is 5.91 Å². The van der Waals surface area contributed by atoms with Crippen LogP contribution in [0, 0.1) is 6.92 Å². The summed E-state index contributed by atoms with van der Waals surface area (Å²) in [6.07, 6.45) is 1.23. The van der Waals surface area contributed by atoms with Crippen molar-refractivity contribution in [2.75, 3.05) is 18.1 Å². The number of carbonyl (C=O) groups excluding carboxylic acids is 1. The Bertz CT molecular complexity index is 887. The van der Waals surface area contributed by atoms with E-state index < -0.39 is 9.84 Å². The van der Waals surface area contributed by atoms with Crippen LogP contribution in [0.1, 0.15) is 35.9 Å². The number of hydrogen-bond donors (Lipinski definition) is 0. The molecule has 1 aliphatic rings. The predicted octanol–water partition coefficient (Wildman–Crippen LogP) is 3.43. The van der Waals surface area contributed by atoms with E-state index in [1.807, 2.05) is 26.0 Å². The normalized spacial score (nSPS) is 19.7. The number of rotatable bonds is 4. The average Bonchev–Trinajstić information content (AvgIpc) is 3.06. The molecule has 1 fully saturated rings. The van der Waals surface area contributed by atoms with E-state index in [9.17, 15) is 13.2 Å². The number of fused-ring (bicyclic) bond motifs is 1. The molecular weight excluding hydrogens is 350 g/mol. The molecule has 0 bridgehead atoms. The van der Waals surface area contributed by atoms with Gasteiger partial charge in [-0.25, -0.2) is 8.42 Å². The Labute approximate surface area is 146 Å². The molecule has 24 heavy (non-hydrogen) atoms. The number of benzene rings is 1. The van der Waals surface area contributed by atoms with Crippen LogP contribution in [0.4, 0.5) is 0 Å². The molecule has 0 radical (unpaired) electrons. The van der Waals surface area contributed by atoms with Crippen LogP contribution in [0.2, 0.25) is 5.02 Å². The summed E-state index contributed by atoms with van der Waals surface area (Å²) < 4.78 is 29.3. The third-order valence-electron chi connectivity index (χ3n) is 4.48. The number of hydrogen-bond acceptors (Lipinski definition) is 4. The molecule has 5 nitrogen and oxygen atoms in total. The summed E-state index contributed by atoms with van der Waals surface area (Å²) in [5, 5.41) is 1.27. The molecule has 2 aromatic rings. The van der Waals surface area contributed by atoms with Crippen molar-refractivity contribution in [2.24, 2.45) is 0 Å². The van der Waals surface area contributed by atoms with Crippen molar-refractivity contribution in [3.8, 4) is 0 Å². The van der Waals surface area contributed by atoms with Crippen molar-refractivity contribution in [1.29, 1.82) is 0 Å². The molecule has 0 N–H and O–H groups in total. The smallest absolute Gasteiger partial charge is 0.290 e. The van der Waals surface area contributed by atoms with Crippen LogP contribution in [0.3, 0.4) is 0 Å². The van der Waals surface area contributed by atoms with Crippen LogP contribution in [0.5, 0.6) is 0 Å². The van der Waals surface area contributed by atoms with Crippen LogP contribution in [0.25, 0.3) is 11.0 Å². The van der Waals surface area contributed by atoms with Gasteiger partial charge in [-0.05, 0) is 25.8 Å². The Morgan fingerprint density at radius 2 is 2.17 bits per heavy atom. The first-order chi connectivity index (χ1) is 11.3. The van der Waals surface area contributed by atoms with E-state index in [-0.39, 0.29) is 29.2 Å². The highest BCUT2D eigenvalue weighted by Crippen LogP contribution is 2.32. The molecule has 3 rings (SSSR count). The van der Waals surface area contributed by atoms with Gasteiger partial charge in [0.1, 0.15) is 0 Å². The van der Waals surface area contributed by atoms with E-state index in [0.717, 1.165) is 17.4 Å². The Balaban J connectivity index is 1.99. The van der Waals surface area contributed by atoms with Crippen molar-refractivity contribution >= 4 is 38.3 Å². The summed E-state index contributed by atoms with van der Waals surface area (Å²) >= 11 is 6.15. The molecule has 0 saturated carbocycles. The van der Waals surface area contributed by atoms with Gasteiger partial charge in [-0.2, -0.15) is 0 Å². The van der Waals surface area contributed by atoms with Gasteiger partial charge >= 0.3 is 0 Å². The predicted molar refractivity (Wildman–Crippen MR) is 94.3 cm³/mol. The van der Waals surface area contributed by atoms with Gasteiger partial charge in [-0.15, -0.1) is 0 Å². The number of aryl methyl sites for hydroxylation is 1. The number of amides is 1. The maximum absolute atomic E-state index is 13.0. The van der Waals surface area contributed by atoms with Crippen molar-refractivity contribution in [1.82, 2.24) is 4.90 Å². The van der Waals surface area contributed by atoms with Crippen molar-refractivity contribution < 1.29 is 17.6 Å².